The average molecular weight is 363 g/mol. The summed E-state index contributed by atoms with van der Waals surface area (Å²) >= 11 is 0. The van der Waals surface area contributed by atoms with E-state index >= 15 is 0 Å². The number of aryl methyl sites for hydroxylation is 1. The maximum Gasteiger partial charge on any atom is 0.434 e. The Morgan fingerprint density at radius 1 is 1.38 bits per heavy atom. The summed E-state index contributed by atoms with van der Waals surface area (Å²) in [6.07, 6.45) is -0.946. The highest BCUT2D eigenvalue weighted by Gasteiger charge is 2.38. The minimum Gasteiger partial charge on any atom is -0.497 e. The predicted molar refractivity (Wildman–Crippen MR) is 84.5 cm³/mol. The molecule has 134 valence electrons. The molecule has 0 amide bonds. The van der Waals surface area contributed by atoms with Crippen molar-refractivity contribution in [1.29, 1.82) is 5.26 Å². The number of hydrogen-bond donors (Lipinski definition) is 0. The molecule has 3 aromatic rings. The number of hydrogen-bond acceptors (Lipinski definition) is 5. The van der Waals surface area contributed by atoms with Crippen LogP contribution in [-0.4, -0.2) is 26.3 Å². The second-order valence-electron chi connectivity index (χ2n) is 5.33. The van der Waals surface area contributed by atoms with Crippen LogP contribution in [-0.2, 0) is 12.7 Å². The van der Waals surface area contributed by atoms with E-state index in [4.69, 9.17) is 10.00 Å². The molecule has 3 aromatic heterocycles. The van der Waals surface area contributed by atoms with E-state index in [1.54, 1.807) is 0 Å². The maximum atomic E-state index is 13.5. The van der Waals surface area contributed by atoms with E-state index in [2.05, 4.69) is 10.1 Å². The quantitative estimate of drug-likeness (QED) is 0.711. The van der Waals surface area contributed by atoms with Crippen LogP contribution in [0.2, 0.25) is 0 Å². The molecule has 0 spiro atoms. The molecule has 3 rings (SSSR count). The molecule has 3 heterocycles. The summed E-state index contributed by atoms with van der Waals surface area (Å²) in [6, 6.07) is 4.61. The first kappa shape index (κ1) is 17.5. The van der Waals surface area contributed by atoms with Crippen LogP contribution in [0.4, 0.5) is 13.2 Å². The van der Waals surface area contributed by atoms with E-state index in [-0.39, 0.29) is 29.9 Å². The molecule has 0 bridgehead atoms. The molecule has 0 saturated carbocycles. The molecule has 0 fully saturated rings. The third kappa shape index (κ3) is 3.11. The number of ether oxygens (including phenoxy) is 1. The Bertz CT molecular complexity index is 1060. The van der Waals surface area contributed by atoms with E-state index in [0.29, 0.717) is 0 Å². The number of rotatable bonds is 4. The lowest BCUT2D eigenvalue weighted by molar-refractivity contribution is -0.140. The predicted octanol–water partition coefficient (Wildman–Crippen LogP) is 2.50. The maximum absolute atomic E-state index is 13.5. The summed E-state index contributed by atoms with van der Waals surface area (Å²) in [5.74, 6) is 0.280. The van der Waals surface area contributed by atoms with Gasteiger partial charge in [-0.15, -0.1) is 0 Å². The van der Waals surface area contributed by atoms with Crippen molar-refractivity contribution in [2.75, 3.05) is 7.11 Å². The Hall–Kier alpha value is -3.35. The Morgan fingerprint density at radius 3 is 2.81 bits per heavy atom. The van der Waals surface area contributed by atoms with Gasteiger partial charge in [-0.05, 0) is 6.07 Å². The van der Waals surface area contributed by atoms with Crippen molar-refractivity contribution in [3.05, 3.63) is 46.8 Å². The summed E-state index contributed by atoms with van der Waals surface area (Å²) < 4.78 is 47.9. The van der Waals surface area contributed by atoms with E-state index in [0.717, 1.165) is 10.6 Å². The van der Waals surface area contributed by atoms with Crippen molar-refractivity contribution < 1.29 is 17.9 Å². The minimum atomic E-state index is -4.83. The van der Waals surface area contributed by atoms with Crippen LogP contribution < -0.4 is 10.3 Å². The number of halogens is 3. The van der Waals surface area contributed by atoms with Gasteiger partial charge in [0, 0.05) is 24.0 Å². The van der Waals surface area contributed by atoms with Gasteiger partial charge in [-0.2, -0.15) is 23.5 Å². The van der Waals surface area contributed by atoms with Crippen molar-refractivity contribution in [3.63, 3.8) is 0 Å². The van der Waals surface area contributed by atoms with Gasteiger partial charge in [0.1, 0.15) is 11.4 Å². The zero-order chi connectivity index (χ0) is 18.9. The Kier molecular flexibility index (Phi) is 4.38. The number of nitriles is 1. The van der Waals surface area contributed by atoms with Crippen molar-refractivity contribution in [3.8, 4) is 22.9 Å². The van der Waals surface area contributed by atoms with Crippen LogP contribution in [0.3, 0.4) is 0 Å². The summed E-state index contributed by atoms with van der Waals surface area (Å²) in [6.45, 7) is 0.206. The monoisotopic (exact) mass is 363 g/mol. The molecule has 7 nitrogen and oxygen atoms in total. The first-order valence-electron chi connectivity index (χ1n) is 7.42. The van der Waals surface area contributed by atoms with Crippen molar-refractivity contribution >= 4 is 5.65 Å². The zero-order valence-electron chi connectivity index (χ0n) is 13.5. The molecule has 0 N–H and O–H groups in total. The van der Waals surface area contributed by atoms with Crippen LogP contribution in [0, 0.1) is 11.3 Å². The largest absolute Gasteiger partial charge is 0.497 e. The van der Waals surface area contributed by atoms with E-state index in [1.807, 2.05) is 6.07 Å². The van der Waals surface area contributed by atoms with Crippen molar-refractivity contribution in [2.45, 2.75) is 19.1 Å². The molecule has 0 unspecified atom stereocenters. The molecule has 0 radical (unpaired) electrons. The highest BCUT2D eigenvalue weighted by molar-refractivity contribution is 5.66. The lowest BCUT2D eigenvalue weighted by Gasteiger charge is -2.12. The van der Waals surface area contributed by atoms with Gasteiger partial charge in [0.05, 0.1) is 37.9 Å². The molecule has 0 aliphatic heterocycles. The third-order valence-electron chi connectivity index (χ3n) is 3.68. The second kappa shape index (κ2) is 6.51. The summed E-state index contributed by atoms with van der Waals surface area (Å²) in [4.78, 5) is 16.3. The van der Waals surface area contributed by atoms with Crippen LogP contribution >= 0.6 is 0 Å². The molecule has 10 heteroatoms. The van der Waals surface area contributed by atoms with Crippen molar-refractivity contribution in [2.24, 2.45) is 0 Å². The third-order valence-corrected chi connectivity index (χ3v) is 3.68. The number of methoxy groups -OCH3 is 1. The Morgan fingerprint density at radius 2 is 2.15 bits per heavy atom. The Balaban J connectivity index is 2.26. The van der Waals surface area contributed by atoms with Crippen LogP contribution in [0.5, 0.6) is 5.75 Å². The lowest BCUT2D eigenvalue weighted by atomic mass is 10.1. The van der Waals surface area contributed by atoms with Gasteiger partial charge >= 0.3 is 6.18 Å². The van der Waals surface area contributed by atoms with Gasteiger partial charge in [-0.3, -0.25) is 13.9 Å². The van der Waals surface area contributed by atoms with Gasteiger partial charge in [-0.1, -0.05) is 0 Å². The van der Waals surface area contributed by atoms with E-state index in [9.17, 15) is 18.0 Å². The number of pyridine rings is 1. The SMILES string of the molecule is COc1ccn2c(=O)c(-c3cnn(CCC#N)c3)c(C(F)(F)F)nc2c1. The first-order valence-corrected chi connectivity index (χ1v) is 7.42. The van der Waals surface area contributed by atoms with Gasteiger partial charge in [-0.25, -0.2) is 4.98 Å². The smallest absolute Gasteiger partial charge is 0.434 e. The molecule has 26 heavy (non-hydrogen) atoms. The molecule has 0 aliphatic rings. The highest BCUT2D eigenvalue weighted by Crippen LogP contribution is 2.34. The fourth-order valence-electron chi connectivity index (χ4n) is 2.49. The van der Waals surface area contributed by atoms with Crippen molar-refractivity contribution in [1.82, 2.24) is 19.2 Å². The van der Waals surface area contributed by atoms with Crippen LogP contribution in [0.1, 0.15) is 12.1 Å². The topological polar surface area (TPSA) is 85.2 Å². The fraction of sp³-hybridized carbons (Fsp3) is 0.250. The summed E-state index contributed by atoms with van der Waals surface area (Å²) in [5.41, 5.74) is -2.95. The van der Waals surface area contributed by atoms with Gasteiger partial charge in [0.15, 0.2) is 5.69 Å². The van der Waals surface area contributed by atoms with E-state index < -0.39 is 23.0 Å². The highest BCUT2D eigenvalue weighted by atomic mass is 19.4. The molecule has 0 aliphatic carbocycles. The molecular weight excluding hydrogens is 351 g/mol. The van der Waals surface area contributed by atoms with Crippen LogP contribution in [0.15, 0.2) is 35.5 Å². The minimum absolute atomic E-state index is 0.0158. The molecule has 0 atom stereocenters. The first-order chi connectivity index (χ1) is 12.3. The number of nitrogens with zero attached hydrogens (tertiary/aromatic N) is 5. The summed E-state index contributed by atoms with van der Waals surface area (Å²) in [5, 5.41) is 12.5. The molecule has 0 aromatic carbocycles. The summed E-state index contributed by atoms with van der Waals surface area (Å²) in [7, 11) is 1.36. The fourth-order valence-corrected chi connectivity index (χ4v) is 2.49. The second-order valence-corrected chi connectivity index (χ2v) is 5.33. The number of fused-ring (bicyclic) bond motifs is 1. The molecule has 0 saturated heterocycles. The van der Waals surface area contributed by atoms with Gasteiger partial charge in [0.2, 0.25) is 0 Å². The lowest BCUT2D eigenvalue weighted by Crippen LogP contribution is -2.24. The number of aromatic nitrogens is 4. The number of alkyl halides is 3. The van der Waals surface area contributed by atoms with Gasteiger partial charge in [0.25, 0.3) is 5.56 Å². The van der Waals surface area contributed by atoms with Gasteiger partial charge < -0.3 is 4.74 Å². The standard InChI is InChI=1S/C16H12F3N5O2/c1-26-11-3-6-24-12(7-11)22-14(16(17,18)19)13(15(24)25)10-8-21-23(9-10)5-2-4-20/h3,6-9H,2,5H2,1H3. The Labute approximate surface area is 144 Å². The van der Waals surface area contributed by atoms with E-state index in [1.165, 1.54) is 36.3 Å². The zero-order valence-corrected chi connectivity index (χ0v) is 13.5. The molecular formula is C16H12F3N5O2. The average Bonchev–Trinajstić information content (AvgIpc) is 3.07. The van der Waals surface area contributed by atoms with Crippen LogP contribution in [0.25, 0.3) is 16.8 Å². The normalized spacial score (nSPS) is 11.5.